The molecule has 0 saturated carbocycles. The van der Waals surface area contributed by atoms with Crippen LogP contribution in [0.3, 0.4) is 0 Å². The highest BCUT2D eigenvalue weighted by Crippen LogP contribution is 2.20. The van der Waals surface area contributed by atoms with Gasteiger partial charge in [-0.15, -0.1) is 0 Å². The summed E-state index contributed by atoms with van der Waals surface area (Å²) in [4.78, 5) is 12.4. The van der Waals surface area contributed by atoms with E-state index in [0.717, 1.165) is 27.1 Å². The van der Waals surface area contributed by atoms with Crippen molar-refractivity contribution >= 4 is 21.8 Å². The quantitative estimate of drug-likeness (QED) is 0.705. The van der Waals surface area contributed by atoms with Crippen LogP contribution in [0.2, 0.25) is 0 Å². The number of carbonyl (C=O) groups is 1. The molecular formula is C19H21BrN4O. The second kappa shape index (κ2) is 7.27. The largest absolute Gasteiger partial charge is 0.348 e. The van der Waals surface area contributed by atoms with Crippen molar-refractivity contribution in [3.8, 4) is 5.69 Å². The number of benzene rings is 1. The van der Waals surface area contributed by atoms with E-state index in [-0.39, 0.29) is 18.5 Å². The molecule has 25 heavy (non-hydrogen) atoms. The average Bonchev–Trinajstić information content (AvgIpc) is 3.21. The number of aromatic nitrogens is 3. The Morgan fingerprint density at radius 1 is 1.24 bits per heavy atom. The third kappa shape index (κ3) is 3.85. The zero-order valence-electron chi connectivity index (χ0n) is 14.5. The zero-order chi connectivity index (χ0) is 18.0. The highest BCUT2D eigenvalue weighted by Gasteiger charge is 2.14. The molecule has 1 unspecified atom stereocenters. The lowest BCUT2D eigenvalue weighted by atomic mass is 10.1. The maximum absolute atomic E-state index is 12.4. The van der Waals surface area contributed by atoms with Crippen LogP contribution < -0.4 is 5.32 Å². The first kappa shape index (κ1) is 17.5. The van der Waals surface area contributed by atoms with Crippen molar-refractivity contribution in [2.75, 3.05) is 0 Å². The topological polar surface area (TPSA) is 51.9 Å². The first-order valence-corrected chi connectivity index (χ1v) is 8.97. The lowest BCUT2D eigenvalue weighted by Crippen LogP contribution is -2.30. The first-order valence-electron chi connectivity index (χ1n) is 8.18. The first-order chi connectivity index (χ1) is 12.0. The predicted octanol–water partition coefficient (Wildman–Crippen LogP) is 3.93. The second-order valence-corrected chi connectivity index (χ2v) is 6.91. The lowest BCUT2D eigenvalue weighted by Gasteiger charge is -2.16. The highest BCUT2D eigenvalue weighted by atomic mass is 79.9. The molecule has 0 aliphatic heterocycles. The van der Waals surface area contributed by atoms with Crippen molar-refractivity contribution in [1.29, 1.82) is 0 Å². The minimum absolute atomic E-state index is 0.0584. The van der Waals surface area contributed by atoms with Crippen LogP contribution in [0.4, 0.5) is 0 Å². The van der Waals surface area contributed by atoms with Gasteiger partial charge in [-0.3, -0.25) is 9.48 Å². The molecule has 0 fully saturated rings. The normalized spacial score (nSPS) is 12.2. The van der Waals surface area contributed by atoms with Crippen LogP contribution in [0.1, 0.15) is 29.9 Å². The molecule has 5 nitrogen and oxygen atoms in total. The molecule has 1 aromatic carbocycles. The Labute approximate surface area is 155 Å². The van der Waals surface area contributed by atoms with Crippen LogP contribution >= 0.6 is 15.9 Å². The summed E-state index contributed by atoms with van der Waals surface area (Å²) < 4.78 is 4.72. The summed E-state index contributed by atoms with van der Waals surface area (Å²) in [6.45, 7) is 6.06. The van der Waals surface area contributed by atoms with Crippen LogP contribution in [0.15, 0.2) is 53.3 Å². The van der Waals surface area contributed by atoms with Gasteiger partial charge in [0.05, 0.1) is 21.9 Å². The molecule has 1 amide bonds. The molecule has 3 aromatic rings. The number of halogens is 1. The molecule has 130 valence electrons. The minimum atomic E-state index is -0.0802. The monoisotopic (exact) mass is 400 g/mol. The Bertz CT molecular complexity index is 883. The van der Waals surface area contributed by atoms with E-state index < -0.39 is 0 Å². The van der Waals surface area contributed by atoms with E-state index >= 15 is 0 Å². The maximum atomic E-state index is 12.4. The number of nitrogens with zero attached hydrogens (tertiary/aromatic N) is 3. The summed E-state index contributed by atoms with van der Waals surface area (Å²) in [5, 5.41) is 7.43. The molecule has 0 radical (unpaired) electrons. The van der Waals surface area contributed by atoms with E-state index in [9.17, 15) is 4.79 Å². The van der Waals surface area contributed by atoms with Crippen molar-refractivity contribution in [3.63, 3.8) is 0 Å². The smallest absolute Gasteiger partial charge is 0.242 e. The average molecular weight is 401 g/mol. The number of hydrogen-bond acceptors (Lipinski definition) is 2. The summed E-state index contributed by atoms with van der Waals surface area (Å²) in [6.07, 6.45) is 4.01. The molecule has 6 heteroatoms. The van der Waals surface area contributed by atoms with Crippen LogP contribution in [0, 0.1) is 13.8 Å². The Balaban J connectivity index is 1.69. The predicted molar refractivity (Wildman–Crippen MR) is 102 cm³/mol. The minimum Gasteiger partial charge on any atom is -0.348 e. The van der Waals surface area contributed by atoms with Crippen molar-refractivity contribution < 1.29 is 4.79 Å². The number of carbonyl (C=O) groups excluding carboxylic acids is 1. The maximum Gasteiger partial charge on any atom is 0.242 e. The second-order valence-electron chi connectivity index (χ2n) is 6.12. The van der Waals surface area contributed by atoms with Gasteiger partial charge in [-0.05, 0) is 66.5 Å². The fourth-order valence-electron chi connectivity index (χ4n) is 2.80. The third-order valence-electron chi connectivity index (χ3n) is 4.24. The van der Waals surface area contributed by atoms with Crippen LogP contribution in [-0.4, -0.2) is 20.3 Å². The van der Waals surface area contributed by atoms with Crippen LogP contribution in [0.25, 0.3) is 5.69 Å². The molecule has 0 aliphatic rings. The highest BCUT2D eigenvalue weighted by molar-refractivity contribution is 9.10. The van der Waals surface area contributed by atoms with E-state index in [1.165, 1.54) is 0 Å². The van der Waals surface area contributed by atoms with E-state index in [1.807, 2.05) is 68.1 Å². The van der Waals surface area contributed by atoms with Crippen molar-refractivity contribution in [2.45, 2.75) is 33.4 Å². The van der Waals surface area contributed by atoms with Gasteiger partial charge in [0.1, 0.15) is 6.54 Å². The van der Waals surface area contributed by atoms with Gasteiger partial charge in [-0.2, -0.15) is 5.10 Å². The Morgan fingerprint density at radius 3 is 2.60 bits per heavy atom. The fraction of sp³-hybridized carbons (Fsp3) is 0.263. The van der Waals surface area contributed by atoms with E-state index in [4.69, 9.17) is 0 Å². The lowest BCUT2D eigenvalue weighted by molar-refractivity contribution is -0.122. The fourth-order valence-corrected chi connectivity index (χ4v) is 3.08. The van der Waals surface area contributed by atoms with Crippen molar-refractivity contribution in [1.82, 2.24) is 19.7 Å². The summed E-state index contributed by atoms with van der Waals surface area (Å²) in [7, 11) is 0. The summed E-state index contributed by atoms with van der Waals surface area (Å²) >= 11 is 3.49. The van der Waals surface area contributed by atoms with Gasteiger partial charge in [0, 0.05) is 18.1 Å². The standard InChI is InChI=1S/C19H21BrN4O/c1-13(16-7-6-8-17(11-16)23-9-4-5-10-23)21-18(25)12-24-15(3)19(20)14(2)22-24/h4-11,13H,12H2,1-3H3,(H,21,25). The van der Waals surface area contributed by atoms with E-state index in [1.54, 1.807) is 4.68 Å². The summed E-state index contributed by atoms with van der Waals surface area (Å²) in [5.41, 5.74) is 3.98. The summed E-state index contributed by atoms with van der Waals surface area (Å²) in [5.74, 6) is -0.0584. The van der Waals surface area contributed by atoms with Crippen molar-refractivity contribution in [2.24, 2.45) is 0 Å². The van der Waals surface area contributed by atoms with Crippen LogP contribution in [0.5, 0.6) is 0 Å². The van der Waals surface area contributed by atoms with Gasteiger partial charge in [0.2, 0.25) is 5.91 Å². The van der Waals surface area contributed by atoms with Gasteiger partial charge in [0.15, 0.2) is 0 Å². The molecule has 0 saturated heterocycles. The number of rotatable bonds is 5. The van der Waals surface area contributed by atoms with Gasteiger partial charge >= 0.3 is 0 Å². The number of hydrogen-bond donors (Lipinski definition) is 1. The third-order valence-corrected chi connectivity index (χ3v) is 5.38. The molecule has 1 atom stereocenters. The Hall–Kier alpha value is -2.34. The number of nitrogens with one attached hydrogen (secondary N) is 1. The van der Waals surface area contributed by atoms with Gasteiger partial charge in [-0.25, -0.2) is 0 Å². The number of aryl methyl sites for hydroxylation is 1. The van der Waals surface area contributed by atoms with Gasteiger partial charge in [0.25, 0.3) is 0 Å². The molecule has 0 bridgehead atoms. The number of amides is 1. The summed E-state index contributed by atoms with van der Waals surface area (Å²) in [6, 6.07) is 12.1. The molecule has 0 spiro atoms. The molecule has 3 rings (SSSR count). The van der Waals surface area contributed by atoms with Gasteiger partial charge in [-0.1, -0.05) is 12.1 Å². The molecule has 0 aliphatic carbocycles. The Morgan fingerprint density at radius 2 is 1.96 bits per heavy atom. The molecule has 2 heterocycles. The van der Waals surface area contributed by atoms with Crippen LogP contribution in [-0.2, 0) is 11.3 Å². The van der Waals surface area contributed by atoms with E-state index in [2.05, 4.69) is 32.4 Å². The zero-order valence-corrected chi connectivity index (χ0v) is 16.1. The molecular weight excluding hydrogens is 380 g/mol. The van der Waals surface area contributed by atoms with Gasteiger partial charge < -0.3 is 9.88 Å². The van der Waals surface area contributed by atoms with E-state index in [0.29, 0.717) is 0 Å². The van der Waals surface area contributed by atoms with Crippen molar-refractivity contribution in [3.05, 3.63) is 70.2 Å². The SMILES string of the molecule is Cc1nn(CC(=O)NC(C)c2cccc(-n3cccc3)c2)c(C)c1Br. The molecule has 2 aromatic heterocycles. The molecule has 1 N–H and O–H groups in total. The Kier molecular flexibility index (Phi) is 5.08.